The lowest BCUT2D eigenvalue weighted by atomic mass is 10.2. The summed E-state index contributed by atoms with van der Waals surface area (Å²) in [6, 6.07) is 5.71. The van der Waals surface area contributed by atoms with Gasteiger partial charge < -0.3 is 9.47 Å². The van der Waals surface area contributed by atoms with Crippen LogP contribution in [0.15, 0.2) is 29.0 Å². The predicted molar refractivity (Wildman–Crippen MR) is 83.5 cm³/mol. The first-order valence-corrected chi connectivity index (χ1v) is 7.93. The Balaban J connectivity index is 1.92. The molecule has 4 nitrogen and oxygen atoms in total. The van der Waals surface area contributed by atoms with E-state index in [1.54, 1.807) is 11.3 Å². The van der Waals surface area contributed by atoms with Crippen LogP contribution in [0, 0.1) is 0 Å². The van der Waals surface area contributed by atoms with E-state index in [2.05, 4.69) is 9.97 Å². The molecule has 1 aliphatic heterocycles. The highest BCUT2D eigenvalue weighted by Gasteiger charge is 2.15. The van der Waals surface area contributed by atoms with Crippen molar-refractivity contribution in [1.29, 1.82) is 0 Å². The highest BCUT2D eigenvalue weighted by Crippen LogP contribution is 2.36. The summed E-state index contributed by atoms with van der Waals surface area (Å²) in [5, 5.41) is 5.20. The predicted octanol–water partition coefficient (Wildman–Crippen LogP) is 4.17. The fourth-order valence-corrected chi connectivity index (χ4v) is 3.13. The van der Waals surface area contributed by atoms with Crippen LogP contribution >= 0.6 is 22.9 Å². The van der Waals surface area contributed by atoms with E-state index in [4.69, 9.17) is 21.1 Å². The van der Waals surface area contributed by atoms with Gasteiger partial charge in [-0.05, 0) is 17.5 Å². The number of fused-ring (bicyclic) bond motifs is 2. The van der Waals surface area contributed by atoms with E-state index in [-0.39, 0.29) is 0 Å². The molecule has 0 bridgehead atoms. The Hall–Kier alpha value is -1.85. The van der Waals surface area contributed by atoms with E-state index in [0.717, 1.165) is 22.9 Å². The lowest BCUT2D eigenvalue weighted by molar-refractivity contribution is 0.297. The Bertz CT molecular complexity index is 805. The molecule has 0 amide bonds. The summed E-state index contributed by atoms with van der Waals surface area (Å²) in [5.74, 6) is 2.04. The molecule has 0 spiro atoms. The van der Waals surface area contributed by atoms with Crippen LogP contribution in [0.3, 0.4) is 0 Å². The lowest BCUT2D eigenvalue weighted by Gasteiger charge is -2.10. The van der Waals surface area contributed by atoms with Crippen LogP contribution in [-0.2, 0) is 0 Å². The largest absolute Gasteiger partial charge is 0.490 e. The van der Waals surface area contributed by atoms with Crippen molar-refractivity contribution in [3.05, 3.63) is 34.1 Å². The minimum absolute atomic E-state index is 0.428. The molecule has 0 aliphatic carbocycles. The molecule has 4 rings (SSSR count). The Kier molecular flexibility index (Phi) is 3.16. The summed E-state index contributed by atoms with van der Waals surface area (Å²) >= 11 is 7.92. The van der Waals surface area contributed by atoms with Gasteiger partial charge in [-0.25, -0.2) is 9.97 Å². The third-order valence-corrected chi connectivity index (χ3v) is 4.27. The molecule has 0 fully saturated rings. The smallest absolute Gasteiger partial charge is 0.163 e. The number of nitrogens with zero attached hydrogens (tertiary/aromatic N) is 2. The summed E-state index contributed by atoms with van der Waals surface area (Å²) in [4.78, 5) is 8.97. The van der Waals surface area contributed by atoms with Crippen LogP contribution in [0.25, 0.3) is 22.3 Å². The molecule has 0 N–H and O–H groups in total. The van der Waals surface area contributed by atoms with Crippen molar-refractivity contribution >= 4 is 33.8 Å². The van der Waals surface area contributed by atoms with Gasteiger partial charge >= 0.3 is 0 Å². The van der Waals surface area contributed by atoms with Crippen LogP contribution < -0.4 is 9.47 Å². The van der Waals surface area contributed by atoms with Gasteiger partial charge in [0.1, 0.15) is 5.15 Å². The van der Waals surface area contributed by atoms with Crippen LogP contribution in [0.2, 0.25) is 5.15 Å². The van der Waals surface area contributed by atoms with Gasteiger partial charge in [0.2, 0.25) is 0 Å². The minimum Gasteiger partial charge on any atom is -0.490 e. The molecular formula is C15H11ClN2O2S. The number of aromatic nitrogens is 2. The first kappa shape index (κ1) is 12.9. The molecule has 1 aromatic carbocycles. The molecule has 106 valence electrons. The number of hydrogen-bond donors (Lipinski definition) is 0. The highest BCUT2D eigenvalue weighted by atomic mass is 35.5. The van der Waals surface area contributed by atoms with E-state index in [1.165, 1.54) is 0 Å². The van der Waals surface area contributed by atoms with Crippen molar-refractivity contribution in [1.82, 2.24) is 9.97 Å². The average Bonchev–Trinajstić information content (AvgIpc) is 2.92. The third kappa shape index (κ3) is 2.32. The number of rotatable bonds is 1. The maximum Gasteiger partial charge on any atom is 0.163 e. The van der Waals surface area contributed by atoms with E-state index < -0.39 is 0 Å². The molecule has 3 heterocycles. The number of halogens is 1. The van der Waals surface area contributed by atoms with Crippen molar-refractivity contribution in [3.63, 3.8) is 0 Å². The van der Waals surface area contributed by atoms with E-state index in [0.29, 0.717) is 35.7 Å². The maximum atomic E-state index is 6.32. The lowest BCUT2D eigenvalue weighted by Crippen LogP contribution is -1.97. The van der Waals surface area contributed by atoms with E-state index in [1.807, 2.05) is 29.0 Å². The zero-order valence-corrected chi connectivity index (χ0v) is 12.6. The van der Waals surface area contributed by atoms with Gasteiger partial charge in [0, 0.05) is 28.8 Å². The van der Waals surface area contributed by atoms with Gasteiger partial charge in [-0.15, -0.1) is 0 Å². The highest BCUT2D eigenvalue weighted by molar-refractivity contribution is 7.08. The number of ether oxygens (including phenoxy) is 2. The maximum absolute atomic E-state index is 6.32. The van der Waals surface area contributed by atoms with Gasteiger partial charge in [-0.1, -0.05) is 11.6 Å². The topological polar surface area (TPSA) is 44.2 Å². The van der Waals surface area contributed by atoms with Crippen molar-refractivity contribution in [2.45, 2.75) is 6.42 Å². The quantitative estimate of drug-likeness (QED) is 0.632. The van der Waals surface area contributed by atoms with Gasteiger partial charge in [0.25, 0.3) is 0 Å². The summed E-state index contributed by atoms with van der Waals surface area (Å²) in [7, 11) is 0. The Labute approximate surface area is 130 Å². The normalized spacial score (nSPS) is 14.1. The second-order valence-corrected chi connectivity index (χ2v) is 5.85. The van der Waals surface area contributed by atoms with E-state index in [9.17, 15) is 0 Å². The van der Waals surface area contributed by atoms with Crippen molar-refractivity contribution in [2.75, 3.05) is 13.2 Å². The Morgan fingerprint density at radius 3 is 2.67 bits per heavy atom. The fourth-order valence-electron chi connectivity index (χ4n) is 2.27. The fraction of sp³-hybridized carbons (Fsp3) is 0.200. The summed E-state index contributed by atoms with van der Waals surface area (Å²) < 4.78 is 11.4. The first-order valence-electron chi connectivity index (χ1n) is 6.61. The molecule has 21 heavy (non-hydrogen) atoms. The zero-order chi connectivity index (χ0) is 14.2. The van der Waals surface area contributed by atoms with Crippen molar-refractivity contribution < 1.29 is 9.47 Å². The van der Waals surface area contributed by atoms with Gasteiger partial charge in [0.05, 0.1) is 18.7 Å². The Morgan fingerprint density at radius 2 is 1.90 bits per heavy atom. The molecule has 0 atom stereocenters. The molecular weight excluding hydrogens is 308 g/mol. The Morgan fingerprint density at radius 1 is 1.10 bits per heavy atom. The van der Waals surface area contributed by atoms with E-state index >= 15 is 0 Å². The summed E-state index contributed by atoms with van der Waals surface area (Å²) in [5.41, 5.74) is 1.73. The number of thiophene rings is 1. The third-order valence-electron chi connectivity index (χ3n) is 3.30. The second-order valence-electron chi connectivity index (χ2n) is 4.72. The van der Waals surface area contributed by atoms with Crippen LogP contribution in [0.1, 0.15) is 6.42 Å². The van der Waals surface area contributed by atoms with Crippen molar-refractivity contribution in [2.24, 2.45) is 0 Å². The van der Waals surface area contributed by atoms with Crippen molar-refractivity contribution in [3.8, 4) is 22.9 Å². The summed E-state index contributed by atoms with van der Waals surface area (Å²) in [6.45, 7) is 1.29. The molecule has 6 heteroatoms. The van der Waals surface area contributed by atoms with Crippen LogP contribution in [0.4, 0.5) is 0 Å². The first-order chi connectivity index (χ1) is 10.3. The molecule has 3 aromatic rings. The van der Waals surface area contributed by atoms with Crippen LogP contribution in [0.5, 0.6) is 11.5 Å². The zero-order valence-electron chi connectivity index (χ0n) is 11.0. The van der Waals surface area contributed by atoms with Crippen LogP contribution in [-0.4, -0.2) is 23.2 Å². The second kappa shape index (κ2) is 5.16. The summed E-state index contributed by atoms with van der Waals surface area (Å²) in [6.07, 6.45) is 0.866. The molecule has 0 saturated heterocycles. The number of hydrogen-bond acceptors (Lipinski definition) is 5. The van der Waals surface area contributed by atoms with Gasteiger partial charge in [0.15, 0.2) is 17.3 Å². The monoisotopic (exact) mass is 318 g/mol. The molecule has 1 aliphatic rings. The SMILES string of the molecule is Clc1nc(-c2ccsc2)nc2cc3c(cc12)OCCCO3. The van der Waals surface area contributed by atoms with Gasteiger partial charge in [-0.3, -0.25) is 0 Å². The standard InChI is InChI=1S/C15H11ClN2O2S/c16-14-10-6-12-13(20-4-1-3-19-12)7-11(10)17-15(18-14)9-2-5-21-8-9/h2,5-8H,1,3-4H2. The van der Waals surface area contributed by atoms with Gasteiger partial charge in [-0.2, -0.15) is 11.3 Å². The molecule has 0 saturated carbocycles. The minimum atomic E-state index is 0.428. The molecule has 0 radical (unpaired) electrons. The average molecular weight is 319 g/mol. The molecule has 0 unspecified atom stereocenters. The molecule has 2 aromatic heterocycles. The number of benzene rings is 1.